The van der Waals surface area contributed by atoms with Gasteiger partial charge in [-0.05, 0) is 20.3 Å². The lowest BCUT2D eigenvalue weighted by atomic mass is 9.90. The molecule has 0 bridgehead atoms. The molecule has 0 spiro atoms. The van der Waals surface area contributed by atoms with Crippen molar-refractivity contribution in [2.75, 3.05) is 19.7 Å². The summed E-state index contributed by atoms with van der Waals surface area (Å²) < 4.78 is 15.5. The maximum atomic E-state index is 11.9. The fourth-order valence-corrected chi connectivity index (χ4v) is 2.17. The first kappa shape index (κ1) is 14.1. The SMILES string of the molecule is CCC(C)(C)C(=O)OCC1CNCC2OC(=O)OC12. The van der Waals surface area contributed by atoms with Crippen LogP contribution in [0.4, 0.5) is 4.79 Å². The molecule has 1 N–H and O–H groups in total. The van der Waals surface area contributed by atoms with Crippen LogP contribution in [-0.4, -0.2) is 44.0 Å². The van der Waals surface area contributed by atoms with Gasteiger partial charge in [-0.1, -0.05) is 6.92 Å². The number of hydrogen-bond donors (Lipinski definition) is 1. The third-order valence-corrected chi connectivity index (χ3v) is 3.93. The zero-order valence-electron chi connectivity index (χ0n) is 11.6. The Labute approximate surface area is 112 Å². The van der Waals surface area contributed by atoms with Crippen molar-refractivity contribution in [2.24, 2.45) is 11.3 Å². The third-order valence-electron chi connectivity index (χ3n) is 3.93. The lowest BCUT2D eigenvalue weighted by Gasteiger charge is -2.31. The lowest BCUT2D eigenvalue weighted by molar-refractivity contribution is -0.157. The summed E-state index contributed by atoms with van der Waals surface area (Å²) in [6.45, 7) is 7.14. The van der Waals surface area contributed by atoms with Gasteiger partial charge in [-0.2, -0.15) is 0 Å². The molecule has 0 aromatic heterocycles. The van der Waals surface area contributed by atoms with Gasteiger partial charge in [0.05, 0.1) is 12.0 Å². The highest BCUT2D eigenvalue weighted by atomic mass is 16.8. The summed E-state index contributed by atoms with van der Waals surface area (Å²) >= 11 is 0. The molecule has 0 aromatic carbocycles. The summed E-state index contributed by atoms with van der Waals surface area (Å²) in [4.78, 5) is 23.0. The quantitative estimate of drug-likeness (QED) is 0.772. The molecule has 19 heavy (non-hydrogen) atoms. The number of nitrogens with one attached hydrogen (secondary N) is 1. The smallest absolute Gasteiger partial charge is 0.465 e. The minimum Gasteiger partial charge on any atom is -0.465 e. The second-order valence-electron chi connectivity index (χ2n) is 5.74. The van der Waals surface area contributed by atoms with Gasteiger partial charge in [0.1, 0.15) is 0 Å². The van der Waals surface area contributed by atoms with E-state index in [1.54, 1.807) is 0 Å². The van der Waals surface area contributed by atoms with E-state index in [4.69, 9.17) is 14.2 Å². The molecule has 0 radical (unpaired) electrons. The van der Waals surface area contributed by atoms with Crippen LogP contribution in [0.25, 0.3) is 0 Å². The second-order valence-corrected chi connectivity index (χ2v) is 5.74. The highest BCUT2D eigenvalue weighted by Crippen LogP contribution is 2.27. The first-order valence-electron chi connectivity index (χ1n) is 6.69. The lowest BCUT2D eigenvalue weighted by Crippen LogP contribution is -2.50. The standard InChI is InChI=1S/C13H21NO5/c1-4-13(2,3)11(15)17-7-8-5-14-6-9-10(8)19-12(16)18-9/h8-10,14H,4-7H2,1-3H3. The van der Waals surface area contributed by atoms with E-state index in [0.29, 0.717) is 13.1 Å². The van der Waals surface area contributed by atoms with E-state index in [1.807, 2.05) is 20.8 Å². The van der Waals surface area contributed by atoms with E-state index in [1.165, 1.54) is 0 Å². The van der Waals surface area contributed by atoms with E-state index in [2.05, 4.69) is 5.32 Å². The Bertz CT molecular complexity index is 368. The second kappa shape index (κ2) is 5.36. The first-order chi connectivity index (χ1) is 8.94. The van der Waals surface area contributed by atoms with Crippen LogP contribution in [0.3, 0.4) is 0 Å². The number of carbonyl (C=O) groups excluding carboxylic acids is 2. The summed E-state index contributed by atoms with van der Waals surface area (Å²) in [5.74, 6) is -0.274. The van der Waals surface area contributed by atoms with Crippen LogP contribution in [0, 0.1) is 11.3 Å². The Morgan fingerprint density at radius 3 is 2.84 bits per heavy atom. The summed E-state index contributed by atoms with van der Waals surface area (Å²) in [5, 5.41) is 3.15. The maximum Gasteiger partial charge on any atom is 0.509 e. The Hall–Kier alpha value is -1.30. The van der Waals surface area contributed by atoms with Gasteiger partial charge in [0.25, 0.3) is 0 Å². The minimum atomic E-state index is -0.635. The van der Waals surface area contributed by atoms with Gasteiger partial charge in [-0.15, -0.1) is 0 Å². The molecular formula is C13H21NO5. The highest BCUT2D eigenvalue weighted by molar-refractivity contribution is 5.75. The average molecular weight is 271 g/mol. The van der Waals surface area contributed by atoms with Crippen LogP contribution in [0.5, 0.6) is 0 Å². The van der Waals surface area contributed by atoms with Crippen LogP contribution in [-0.2, 0) is 19.0 Å². The van der Waals surface area contributed by atoms with Gasteiger partial charge in [-0.3, -0.25) is 4.79 Å². The molecule has 3 atom stereocenters. The fraction of sp³-hybridized carbons (Fsp3) is 0.846. The number of piperidine rings is 1. The first-order valence-corrected chi connectivity index (χ1v) is 6.69. The molecule has 3 unspecified atom stereocenters. The summed E-state index contributed by atoms with van der Waals surface area (Å²) in [5.41, 5.74) is -0.482. The predicted molar refractivity (Wildman–Crippen MR) is 66.5 cm³/mol. The van der Waals surface area contributed by atoms with Crippen molar-refractivity contribution in [3.8, 4) is 0 Å². The average Bonchev–Trinajstić information content (AvgIpc) is 2.76. The van der Waals surface area contributed by atoms with E-state index >= 15 is 0 Å². The minimum absolute atomic E-state index is 0.0539. The number of carbonyl (C=O) groups is 2. The molecule has 0 saturated carbocycles. The number of rotatable bonds is 4. The van der Waals surface area contributed by atoms with Crippen molar-refractivity contribution < 1.29 is 23.8 Å². The Morgan fingerprint density at radius 1 is 1.42 bits per heavy atom. The van der Waals surface area contributed by atoms with Crippen LogP contribution < -0.4 is 5.32 Å². The van der Waals surface area contributed by atoms with Crippen LogP contribution in [0.15, 0.2) is 0 Å². The van der Waals surface area contributed by atoms with Crippen molar-refractivity contribution in [1.82, 2.24) is 5.32 Å². The molecule has 0 aromatic rings. The maximum absolute atomic E-state index is 11.9. The van der Waals surface area contributed by atoms with E-state index in [9.17, 15) is 9.59 Å². The van der Waals surface area contributed by atoms with Crippen LogP contribution >= 0.6 is 0 Å². The molecule has 108 valence electrons. The number of esters is 1. The molecule has 6 heteroatoms. The molecule has 2 aliphatic rings. The zero-order chi connectivity index (χ0) is 14.0. The number of hydrogen-bond acceptors (Lipinski definition) is 6. The predicted octanol–water partition coefficient (Wildman–Crippen LogP) is 1.09. The number of fused-ring (bicyclic) bond motifs is 1. The Morgan fingerprint density at radius 2 is 2.16 bits per heavy atom. The van der Waals surface area contributed by atoms with Crippen molar-refractivity contribution in [3.63, 3.8) is 0 Å². The fourth-order valence-electron chi connectivity index (χ4n) is 2.17. The van der Waals surface area contributed by atoms with Gasteiger partial charge >= 0.3 is 12.1 Å². The third kappa shape index (κ3) is 3.00. The summed E-state index contributed by atoms with van der Waals surface area (Å²) in [7, 11) is 0. The number of ether oxygens (including phenoxy) is 3. The largest absolute Gasteiger partial charge is 0.509 e. The van der Waals surface area contributed by atoms with Crippen molar-refractivity contribution in [2.45, 2.75) is 39.4 Å². The Balaban J connectivity index is 1.89. The van der Waals surface area contributed by atoms with Crippen LogP contribution in [0.2, 0.25) is 0 Å². The highest BCUT2D eigenvalue weighted by Gasteiger charge is 2.45. The van der Waals surface area contributed by atoms with E-state index < -0.39 is 11.6 Å². The molecule has 6 nitrogen and oxygen atoms in total. The van der Waals surface area contributed by atoms with Gasteiger partial charge in [-0.25, -0.2) is 4.79 Å². The van der Waals surface area contributed by atoms with Crippen LogP contribution in [0.1, 0.15) is 27.2 Å². The molecule has 2 fully saturated rings. The van der Waals surface area contributed by atoms with Crippen molar-refractivity contribution in [3.05, 3.63) is 0 Å². The molecule has 2 heterocycles. The summed E-state index contributed by atoms with van der Waals surface area (Å²) in [6, 6.07) is 0. The molecular weight excluding hydrogens is 250 g/mol. The van der Waals surface area contributed by atoms with Gasteiger partial charge in [0, 0.05) is 19.0 Å². The van der Waals surface area contributed by atoms with E-state index in [-0.39, 0.29) is 30.7 Å². The molecule has 2 rings (SSSR count). The molecule has 0 aliphatic carbocycles. The Kier molecular flexibility index (Phi) is 3.99. The monoisotopic (exact) mass is 271 g/mol. The van der Waals surface area contributed by atoms with Crippen molar-refractivity contribution in [1.29, 1.82) is 0 Å². The zero-order valence-corrected chi connectivity index (χ0v) is 11.6. The van der Waals surface area contributed by atoms with Crippen molar-refractivity contribution >= 4 is 12.1 Å². The summed E-state index contributed by atoms with van der Waals surface area (Å²) in [6.07, 6.45) is -0.502. The normalized spacial score (nSPS) is 30.3. The molecule has 0 amide bonds. The topological polar surface area (TPSA) is 73.9 Å². The van der Waals surface area contributed by atoms with E-state index in [0.717, 1.165) is 6.42 Å². The van der Waals surface area contributed by atoms with Gasteiger partial charge in [0.2, 0.25) is 0 Å². The molecule has 2 aliphatic heterocycles. The van der Waals surface area contributed by atoms with Gasteiger partial charge in [0.15, 0.2) is 12.2 Å². The van der Waals surface area contributed by atoms with Gasteiger partial charge < -0.3 is 19.5 Å². The molecule has 2 saturated heterocycles.